The van der Waals surface area contributed by atoms with E-state index >= 15 is 0 Å². The maximum Gasteiger partial charge on any atom is 0.253 e. The maximum atomic E-state index is 13.4. The summed E-state index contributed by atoms with van der Waals surface area (Å²) in [5.41, 5.74) is 1.75. The Bertz CT molecular complexity index is 910. The molecule has 6 nitrogen and oxygen atoms in total. The summed E-state index contributed by atoms with van der Waals surface area (Å²) in [6.45, 7) is 0.172. The van der Waals surface area contributed by atoms with Crippen molar-refractivity contribution in [2.45, 2.75) is 63.2 Å². The third-order valence-electron chi connectivity index (χ3n) is 6.01. The molecule has 4 rings (SSSR count). The summed E-state index contributed by atoms with van der Waals surface area (Å²) >= 11 is 0. The van der Waals surface area contributed by atoms with Crippen molar-refractivity contribution >= 4 is 17.7 Å². The number of benzene rings is 1. The van der Waals surface area contributed by atoms with Crippen LogP contribution in [0.5, 0.6) is 0 Å². The number of nitrogens with one attached hydrogen (secondary N) is 2. The van der Waals surface area contributed by atoms with Crippen LogP contribution >= 0.6 is 0 Å². The molecule has 0 spiro atoms. The van der Waals surface area contributed by atoms with Gasteiger partial charge in [-0.3, -0.25) is 14.4 Å². The third-order valence-corrected chi connectivity index (χ3v) is 6.01. The van der Waals surface area contributed by atoms with Crippen LogP contribution in [0.1, 0.15) is 43.2 Å². The van der Waals surface area contributed by atoms with Gasteiger partial charge < -0.3 is 15.5 Å². The van der Waals surface area contributed by atoms with E-state index in [0.717, 1.165) is 36.8 Å². The first-order valence-corrected chi connectivity index (χ1v) is 10.9. The van der Waals surface area contributed by atoms with Gasteiger partial charge in [-0.2, -0.15) is 0 Å². The van der Waals surface area contributed by atoms with Crippen LogP contribution in [-0.4, -0.2) is 40.7 Å². The Kier molecular flexibility index (Phi) is 6.51. The first kappa shape index (κ1) is 20.9. The summed E-state index contributed by atoms with van der Waals surface area (Å²) in [5, 5.41) is 5.81. The number of hydrogen-bond donors (Lipinski definition) is 2. The molecule has 0 aromatic heterocycles. The van der Waals surface area contributed by atoms with Crippen molar-refractivity contribution in [3.63, 3.8) is 0 Å². The molecular weight excluding hydrogens is 390 g/mol. The van der Waals surface area contributed by atoms with E-state index in [1.165, 1.54) is 11.3 Å². The standard InChI is InChI=1S/C25H27N3O3/c29-23(26-20-14-8-3-9-15-20)22-24(30)27-21(16-18-10-4-1-5-11-18)25(31)28(22)17-19-12-6-2-7-13-19/h1,4-6,10-13,20-22H,3,8-9,14-17H2,(H,26,29)(H,27,30). The molecule has 1 saturated carbocycles. The number of amides is 3. The summed E-state index contributed by atoms with van der Waals surface area (Å²) in [7, 11) is 0. The summed E-state index contributed by atoms with van der Waals surface area (Å²) in [6, 6.07) is 18.7. The molecule has 2 atom stereocenters. The minimum atomic E-state index is -1.18. The number of carbonyl (C=O) groups is 3. The lowest BCUT2D eigenvalue weighted by Gasteiger charge is -2.39. The highest BCUT2D eigenvalue weighted by Crippen LogP contribution is 2.20. The molecule has 6 heteroatoms. The predicted molar refractivity (Wildman–Crippen MR) is 116 cm³/mol. The molecule has 1 saturated heterocycles. The van der Waals surface area contributed by atoms with Crippen LogP contribution in [0.3, 0.4) is 0 Å². The van der Waals surface area contributed by atoms with Gasteiger partial charge in [0.25, 0.3) is 11.8 Å². The van der Waals surface area contributed by atoms with Crippen molar-refractivity contribution in [3.05, 3.63) is 71.8 Å². The molecule has 1 heterocycles. The lowest BCUT2D eigenvalue weighted by Crippen LogP contribution is -2.67. The topological polar surface area (TPSA) is 78.5 Å². The Morgan fingerprint density at radius 3 is 2.52 bits per heavy atom. The Labute approximate surface area is 183 Å². The van der Waals surface area contributed by atoms with Gasteiger partial charge in [0.2, 0.25) is 5.91 Å². The zero-order valence-corrected chi connectivity index (χ0v) is 17.5. The minimum absolute atomic E-state index is 0.0627. The molecule has 160 valence electrons. The average molecular weight is 418 g/mol. The lowest BCUT2D eigenvalue weighted by atomic mass is 9.94. The Balaban J connectivity index is 1.56. The average Bonchev–Trinajstić information content (AvgIpc) is 2.79. The van der Waals surface area contributed by atoms with Gasteiger partial charge >= 0.3 is 0 Å². The summed E-state index contributed by atoms with van der Waals surface area (Å²) in [5.74, 6) is -1.08. The quantitative estimate of drug-likeness (QED) is 0.707. The Hall–Kier alpha value is -3.33. The molecule has 31 heavy (non-hydrogen) atoms. The van der Waals surface area contributed by atoms with Crippen molar-refractivity contribution in [2.24, 2.45) is 0 Å². The highest BCUT2D eigenvalue weighted by atomic mass is 16.2. The second-order valence-corrected chi connectivity index (χ2v) is 8.30. The van der Waals surface area contributed by atoms with Gasteiger partial charge in [0.15, 0.2) is 6.04 Å². The molecule has 1 aliphatic heterocycles. The highest BCUT2D eigenvalue weighted by molar-refractivity contribution is 6.10. The number of rotatable bonds is 6. The molecule has 2 N–H and O–H groups in total. The second-order valence-electron chi connectivity index (χ2n) is 8.30. The van der Waals surface area contributed by atoms with Gasteiger partial charge in [-0.05, 0) is 42.2 Å². The van der Waals surface area contributed by atoms with Crippen LogP contribution in [0.15, 0.2) is 48.5 Å². The van der Waals surface area contributed by atoms with Crippen molar-refractivity contribution in [1.29, 1.82) is 0 Å². The smallest absolute Gasteiger partial charge is 0.253 e. The van der Waals surface area contributed by atoms with E-state index in [4.69, 9.17) is 0 Å². The van der Waals surface area contributed by atoms with Gasteiger partial charge in [0.05, 0.1) is 0 Å². The number of hydrogen-bond acceptors (Lipinski definition) is 3. The van der Waals surface area contributed by atoms with Crippen LogP contribution in [0.4, 0.5) is 0 Å². The number of nitrogens with zero attached hydrogens (tertiary/aromatic N) is 1. The normalized spacial score (nSPS) is 21.9. The molecule has 2 aromatic carbocycles. The fourth-order valence-corrected chi connectivity index (χ4v) is 4.40. The molecule has 0 bridgehead atoms. The lowest BCUT2D eigenvalue weighted by molar-refractivity contribution is -0.155. The Morgan fingerprint density at radius 2 is 1.81 bits per heavy atom. The van der Waals surface area contributed by atoms with Crippen LogP contribution < -0.4 is 10.6 Å². The third kappa shape index (κ3) is 5.05. The molecule has 0 radical (unpaired) electrons. The molecule has 2 fully saturated rings. The van der Waals surface area contributed by atoms with Gasteiger partial charge in [0, 0.05) is 19.0 Å². The number of carbonyl (C=O) groups excluding carboxylic acids is 3. The molecule has 2 aromatic rings. The molecule has 3 amide bonds. The van der Waals surface area contributed by atoms with Crippen LogP contribution in [0.2, 0.25) is 0 Å². The summed E-state index contributed by atoms with van der Waals surface area (Å²) < 4.78 is 0. The molecular formula is C25H27N3O3. The van der Waals surface area contributed by atoms with Crippen molar-refractivity contribution in [1.82, 2.24) is 15.5 Å². The van der Waals surface area contributed by atoms with E-state index in [0.29, 0.717) is 6.42 Å². The fourth-order valence-electron chi connectivity index (χ4n) is 4.40. The van der Waals surface area contributed by atoms with Crippen LogP contribution in [-0.2, 0) is 27.3 Å². The number of piperazine rings is 1. The second kappa shape index (κ2) is 9.65. The van der Waals surface area contributed by atoms with Crippen molar-refractivity contribution in [3.8, 4) is 0 Å². The predicted octanol–water partition coefficient (Wildman–Crippen LogP) is 2.17. The molecule has 2 aliphatic rings. The molecule has 2 unspecified atom stereocenters. The monoisotopic (exact) mass is 417 g/mol. The summed E-state index contributed by atoms with van der Waals surface area (Å²) in [4.78, 5) is 41.0. The van der Waals surface area contributed by atoms with E-state index in [9.17, 15) is 14.4 Å². The van der Waals surface area contributed by atoms with Crippen molar-refractivity contribution < 1.29 is 14.4 Å². The largest absolute Gasteiger partial charge is 0.351 e. The van der Waals surface area contributed by atoms with E-state index in [-0.39, 0.29) is 18.5 Å². The van der Waals surface area contributed by atoms with Gasteiger partial charge in [-0.1, -0.05) is 61.7 Å². The summed E-state index contributed by atoms with van der Waals surface area (Å²) in [6.07, 6.45) is 5.51. The minimum Gasteiger partial charge on any atom is -0.351 e. The Morgan fingerprint density at radius 1 is 1.03 bits per heavy atom. The fraction of sp³-hybridized carbons (Fsp3) is 0.400. The first-order valence-electron chi connectivity index (χ1n) is 10.9. The van der Waals surface area contributed by atoms with E-state index < -0.39 is 23.9 Å². The van der Waals surface area contributed by atoms with Crippen molar-refractivity contribution in [2.75, 3.05) is 0 Å². The highest BCUT2D eigenvalue weighted by Gasteiger charge is 2.44. The SMILES string of the molecule is O=C(NC1CCCCC1)C1C(=O)NC(Cc2ccccc2)C(=O)N1Cc1cc#ccc1. The van der Waals surface area contributed by atoms with Gasteiger partial charge in [0.1, 0.15) is 6.04 Å². The van der Waals surface area contributed by atoms with E-state index in [1.807, 2.05) is 36.4 Å². The van der Waals surface area contributed by atoms with Crippen LogP contribution in [0.25, 0.3) is 0 Å². The van der Waals surface area contributed by atoms with E-state index in [1.54, 1.807) is 12.1 Å². The maximum absolute atomic E-state index is 13.4. The van der Waals surface area contributed by atoms with Crippen LogP contribution in [0, 0.1) is 12.1 Å². The zero-order chi connectivity index (χ0) is 21.6. The molecule has 1 aliphatic carbocycles. The van der Waals surface area contributed by atoms with Gasteiger partial charge in [-0.15, -0.1) is 0 Å². The van der Waals surface area contributed by atoms with Gasteiger partial charge in [-0.25, -0.2) is 0 Å². The van der Waals surface area contributed by atoms with E-state index in [2.05, 4.69) is 22.8 Å². The first-order chi connectivity index (χ1) is 15.1. The zero-order valence-electron chi connectivity index (χ0n) is 17.5.